The molecular weight excluding hydrogens is 396 g/mol. The zero-order valence-electron chi connectivity index (χ0n) is 17.1. The van der Waals surface area contributed by atoms with E-state index in [0.29, 0.717) is 46.7 Å². The Morgan fingerprint density at radius 3 is 2.97 bits per heavy atom. The van der Waals surface area contributed by atoms with Crippen molar-refractivity contribution in [1.29, 1.82) is 0 Å². The van der Waals surface area contributed by atoms with E-state index in [0.717, 1.165) is 10.9 Å². The van der Waals surface area contributed by atoms with Gasteiger partial charge in [-0.1, -0.05) is 19.6 Å². The van der Waals surface area contributed by atoms with Crippen LogP contribution < -0.4 is 16.6 Å². The summed E-state index contributed by atoms with van der Waals surface area (Å²) in [6, 6.07) is 9.22. The van der Waals surface area contributed by atoms with Gasteiger partial charge in [-0.3, -0.25) is 9.59 Å². The summed E-state index contributed by atoms with van der Waals surface area (Å²) < 4.78 is 7.18. The summed E-state index contributed by atoms with van der Waals surface area (Å²) in [4.78, 5) is 29.9. The highest BCUT2D eigenvalue weighted by molar-refractivity contribution is 6.02. The number of amides is 1. The Morgan fingerprint density at radius 1 is 1.42 bits per heavy atom. The first-order chi connectivity index (χ1) is 14.9. The molecule has 0 radical (unpaired) electrons. The summed E-state index contributed by atoms with van der Waals surface area (Å²) in [5, 5.41) is 14.7. The molecule has 4 N–H and O–H groups in total. The molecule has 2 aliphatic rings. The summed E-state index contributed by atoms with van der Waals surface area (Å²) in [6.45, 7) is 5.99. The number of rotatable bonds is 3. The molecular formula is C23H22N4O4. The number of hydrogen-bond donors (Lipinski definition) is 3. The Bertz CT molecular complexity index is 1340. The molecule has 0 bridgehead atoms. The number of hydrogen-bond acceptors (Lipinski definition) is 6. The Balaban J connectivity index is 1.71. The van der Waals surface area contributed by atoms with E-state index in [1.165, 1.54) is 0 Å². The van der Waals surface area contributed by atoms with Gasteiger partial charge in [0.15, 0.2) is 0 Å². The molecule has 0 fully saturated rings. The van der Waals surface area contributed by atoms with E-state index in [9.17, 15) is 14.7 Å². The molecule has 4 heterocycles. The minimum absolute atomic E-state index is 0.0800. The predicted molar refractivity (Wildman–Crippen MR) is 116 cm³/mol. The second-order valence-corrected chi connectivity index (χ2v) is 7.86. The van der Waals surface area contributed by atoms with Gasteiger partial charge < -0.3 is 25.5 Å². The van der Waals surface area contributed by atoms with Crippen LogP contribution in [-0.2, 0) is 28.3 Å². The number of anilines is 1. The van der Waals surface area contributed by atoms with Crippen molar-refractivity contribution in [3.05, 3.63) is 69.7 Å². The van der Waals surface area contributed by atoms with Gasteiger partial charge in [0.05, 0.1) is 41.2 Å². The van der Waals surface area contributed by atoms with Crippen LogP contribution in [0.25, 0.3) is 22.3 Å². The van der Waals surface area contributed by atoms with Gasteiger partial charge in [0.1, 0.15) is 18.0 Å². The quantitative estimate of drug-likeness (QED) is 0.468. The van der Waals surface area contributed by atoms with Crippen molar-refractivity contribution in [3.63, 3.8) is 0 Å². The van der Waals surface area contributed by atoms with Gasteiger partial charge in [-0.05, 0) is 30.7 Å². The number of carbonyl (C=O) groups is 1. The van der Waals surface area contributed by atoms with Crippen LogP contribution in [0.1, 0.15) is 30.0 Å². The zero-order valence-corrected chi connectivity index (χ0v) is 17.1. The number of pyridine rings is 2. The Morgan fingerprint density at radius 2 is 2.23 bits per heavy atom. The van der Waals surface area contributed by atoms with E-state index in [1.54, 1.807) is 16.7 Å². The van der Waals surface area contributed by atoms with Gasteiger partial charge >= 0.3 is 0 Å². The van der Waals surface area contributed by atoms with Crippen molar-refractivity contribution in [2.24, 2.45) is 5.73 Å². The van der Waals surface area contributed by atoms with E-state index in [-0.39, 0.29) is 30.4 Å². The smallest absolute Gasteiger partial charge is 0.258 e. The minimum Gasteiger partial charge on any atom is -0.490 e. The fraction of sp³-hybridized carbons (Fsp3) is 0.261. The number of fused-ring (bicyclic) bond motifs is 5. The molecule has 0 aliphatic carbocycles. The predicted octanol–water partition coefficient (Wildman–Crippen LogP) is 1.96. The first-order valence-corrected chi connectivity index (χ1v) is 10.1. The number of aromatic nitrogens is 2. The van der Waals surface area contributed by atoms with E-state index in [1.807, 2.05) is 25.1 Å². The largest absolute Gasteiger partial charge is 0.490 e. The van der Waals surface area contributed by atoms with Gasteiger partial charge in [0, 0.05) is 16.5 Å². The number of benzene rings is 1. The molecule has 0 spiro atoms. The summed E-state index contributed by atoms with van der Waals surface area (Å²) >= 11 is 0. The zero-order chi connectivity index (χ0) is 21.9. The molecule has 2 aliphatic heterocycles. The molecule has 0 saturated carbocycles. The van der Waals surface area contributed by atoms with Gasteiger partial charge in [-0.15, -0.1) is 0 Å². The summed E-state index contributed by atoms with van der Waals surface area (Å²) in [7, 11) is 0. The van der Waals surface area contributed by atoms with Crippen molar-refractivity contribution in [1.82, 2.24) is 9.55 Å². The first-order valence-electron chi connectivity index (χ1n) is 10.1. The number of aliphatic hydroxyl groups is 1. The second-order valence-electron chi connectivity index (χ2n) is 7.86. The van der Waals surface area contributed by atoms with Crippen molar-refractivity contribution in [2.75, 3.05) is 11.9 Å². The van der Waals surface area contributed by atoms with Crippen LogP contribution in [0, 0.1) is 0 Å². The van der Waals surface area contributed by atoms with Gasteiger partial charge in [-0.25, -0.2) is 4.98 Å². The minimum atomic E-state index is -1.42. The number of carbonyl (C=O) groups excluding carboxylic acids is 1. The van der Waals surface area contributed by atoms with Crippen LogP contribution in [0.2, 0.25) is 0 Å². The van der Waals surface area contributed by atoms with Crippen LogP contribution >= 0.6 is 0 Å². The van der Waals surface area contributed by atoms with Crippen molar-refractivity contribution in [2.45, 2.75) is 32.1 Å². The lowest BCUT2D eigenvalue weighted by molar-refractivity contribution is -0.114. The third-order valence-corrected chi connectivity index (χ3v) is 6.18. The Hall–Kier alpha value is -3.49. The second kappa shape index (κ2) is 6.76. The molecule has 1 amide bonds. The van der Waals surface area contributed by atoms with Gasteiger partial charge in [0.25, 0.3) is 5.56 Å². The Labute approximate surface area is 178 Å². The monoisotopic (exact) mass is 418 g/mol. The third kappa shape index (κ3) is 2.72. The highest BCUT2D eigenvalue weighted by Crippen LogP contribution is 2.42. The number of ether oxygens (including phenoxy) is 1. The molecule has 1 atom stereocenters. The van der Waals surface area contributed by atoms with Crippen LogP contribution in [0.15, 0.2) is 47.5 Å². The standard InChI is InChI=1S/C23H22N4O4/c1-3-23(30)12(2)31-11-15-16(23)8-19-21-13(10-27(19)22(15)29)7-14-17(25-20(28)9-24)5-4-6-18(14)26-21/h4-8,30H,2-3,9-11,24H2,1H3,(H,25,28)/t23-/m1/s1. The van der Waals surface area contributed by atoms with Crippen molar-refractivity contribution in [3.8, 4) is 11.4 Å². The van der Waals surface area contributed by atoms with E-state index in [2.05, 4.69) is 11.9 Å². The molecule has 8 nitrogen and oxygen atoms in total. The number of nitrogens with zero attached hydrogens (tertiary/aromatic N) is 2. The fourth-order valence-electron chi connectivity index (χ4n) is 4.43. The molecule has 8 heteroatoms. The lowest BCUT2D eigenvalue weighted by Gasteiger charge is -2.35. The number of nitrogens with two attached hydrogens (primary N) is 1. The van der Waals surface area contributed by atoms with Gasteiger partial charge in [-0.2, -0.15) is 0 Å². The van der Waals surface area contributed by atoms with Crippen LogP contribution in [0.3, 0.4) is 0 Å². The maximum absolute atomic E-state index is 13.3. The lowest BCUT2D eigenvalue weighted by Crippen LogP contribution is -2.38. The third-order valence-electron chi connectivity index (χ3n) is 6.18. The van der Waals surface area contributed by atoms with Gasteiger partial charge in [0.2, 0.25) is 5.91 Å². The average molecular weight is 418 g/mol. The maximum atomic E-state index is 13.3. The van der Waals surface area contributed by atoms with Crippen molar-refractivity contribution >= 4 is 22.5 Å². The van der Waals surface area contributed by atoms with Crippen LogP contribution in [0.5, 0.6) is 0 Å². The lowest BCUT2D eigenvalue weighted by atomic mass is 9.84. The highest BCUT2D eigenvalue weighted by atomic mass is 16.5. The van der Waals surface area contributed by atoms with Crippen molar-refractivity contribution < 1.29 is 14.6 Å². The average Bonchev–Trinajstić information content (AvgIpc) is 3.13. The maximum Gasteiger partial charge on any atom is 0.258 e. The van der Waals surface area contributed by atoms with Crippen LogP contribution in [0.4, 0.5) is 5.69 Å². The molecule has 1 aromatic carbocycles. The molecule has 0 unspecified atom stereocenters. The normalized spacial score (nSPS) is 18.9. The van der Waals surface area contributed by atoms with E-state index < -0.39 is 5.60 Å². The van der Waals surface area contributed by atoms with Crippen LogP contribution in [-0.4, -0.2) is 27.1 Å². The topological polar surface area (TPSA) is 119 Å². The molecule has 31 heavy (non-hydrogen) atoms. The highest BCUT2D eigenvalue weighted by Gasteiger charge is 2.41. The molecule has 3 aromatic rings. The summed E-state index contributed by atoms with van der Waals surface area (Å²) in [5.74, 6) is -0.0453. The first kappa shape index (κ1) is 19.5. The molecule has 0 saturated heterocycles. The summed E-state index contributed by atoms with van der Waals surface area (Å²) in [5.41, 5.74) is 8.28. The number of nitrogens with one attached hydrogen (secondary N) is 1. The fourth-order valence-corrected chi connectivity index (χ4v) is 4.43. The van der Waals surface area contributed by atoms with E-state index in [4.69, 9.17) is 15.5 Å². The molecule has 158 valence electrons. The molecule has 2 aromatic heterocycles. The Kier molecular flexibility index (Phi) is 4.25. The SMILES string of the molecule is C=C1OCc2c(cc3n(c2=O)Cc2cc4c(NC(=O)CN)cccc4nc2-3)[C@@]1(O)CC. The van der Waals surface area contributed by atoms with E-state index >= 15 is 0 Å². The molecule has 5 rings (SSSR count). The summed E-state index contributed by atoms with van der Waals surface area (Å²) in [6.07, 6.45) is 0.337.